The minimum Gasteiger partial charge on any atom is -0.429 e. The molecule has 0 aromatic carbocycles. The van der Waals surface area contributed by atoms with Crippen molar-refractivity contribution in [3.05, 3.63) is 12.0 Å². The molecule has 21 heavy (non-hydrogen) atoms. The summed E-state index contributed by atoms with van der Waals surface area (Å²) in [7, 11) is -1.94. The lowest BCUT2D eigenvalue weighted by Crippen LogP contribution is -2.42. The van der Waals surface area contributed by atoms with Gasteiger partial charge in [0.1, 0.15) is 11.6 Å². The second-order valence-electron chi connectivity index (χ2n) is 4.22. The highest BCUT2D eigenvalue weighted by Crippen LogP contribution is 2.09. The number of aryl methyl sites for hydroxylation is 1. The van der Waals surface area contributed by atoms with Crippen molar-refractivity contribution >= 4 is 33.8 Å². The number of amidine groups is 1. The molecule has 0 radical (unpaired) electrons. The number of rotatable bonds is 7. The van der Waals surface area contributed by atoms with Crippen molar-refractivity contribution in [1.29, 1.82) is 0 Å². The van der Waals surface area contributed by atoms with E-state index in [0.717, 1.165) is 28.1 Å². The van der Waals surface area contributed by atoms with Gasteiger partial charge in [-0.15, -0.1) is 4.41 Å². The summed E-state index contributed by atoms with van der Waals surface area (Å²) in [5.41, 5.74) is 8.24. The number of hydrazine groups is 1. The van der Waals surface area contributed by atoms with Crippen LogP contribution in [0.2, 0.25) is 0 Å². The average Bonchev–Trinajstić information content (AvgIpc) is 2.97. The number of aliphatic imine (C=N–C) groups is 1. The molecule has 0 aliphatic carbocycles. The summed E-state index contributed by atoms with van der Waals surface area (Å²) in [5, 5.41) is 0. The van der Waals surface area contributed by atoms with Crippen molar-refractivity contribution in [1.82, 2.24) is 19.5 Å². The van der Waals surface area contributed by atoms with Gasteiger partial charge in [-0.05, 0) is 0 Å². The van der Waals surface area contributed by atoms with Gasteiger partial charge in [0.2, 0.25) is 0 Å². The Morgan fingerprint density at radius 2 is 2.43 bits per heavy atom. The molecule has 1 fully saturated rings. The van der Waals surface area contributed by atoms with Crippen LogP contribution in [-0.4, -0.2) is 55.3 Å². The van der Waals surface area contributed by atoms with E-state index in [-0.39, 0.29) is 12.6 Å². The van der Waals surface area contributed by atoms with E-state index in [4.69, 9.17) is 10.2 Å². The van der Waals surface area contributed by atoms with Crippen LogP contribution in [0.3, 0.4) is 0 Å². The Balaban J connectivity index is 1.62. The number of nitrogens with two attached hydrogens (primary N) is 1. The smallest absolute Gasteiger partial charge is 0.315 e. The highest BCUT2D eigenvalue weighted by atomic mass is 32.2. The second kappa shape index (κ2) is 7.11. The number of nitrogens with zero attached hydrogens (tertiary/aromatic N) is 3. The third-order valence-corrected chi connectivity index (χ3v) is 5.02. The first-order valence-corrected chi connectivity index (χ1v) is 8.88. The van der Waals surface area contributed by atoms with E-state index in [0.29, 0.717) is 12.4 Å². The first-order valence-electron chi connectivity index (χ1n) is 6.29. The van der Waals surface area contributed by atoms with Crippen LogP contribution in [0.15, 0.2) is 15.6 Å². The molecule has 2 rings (SSSR count). The Hall–Kier alpha value is -1.30. The van der Waals surface area contributed by atoms with E-state index in [2.05, 4.69) is 20.1 Å². The Morgan fingerprint density at radius 1 is 1.62 bits per heavy atom. The van der Waals surface area contributed by atoms with Crippen LogP contribution in [0.5, 0.6) is 0 Å². The summed E-state index contributed by atoms with van der Waals surface area (Å²) >= 11 is 1.68. The molecule has 0 amide bonds. The van der Waals surface area contributed by atoms with Crippen molar-refractivity contribution in [2.24, 2.45) is 4.99 Å². The Morgan fingerprint density at radius 3 is 3.05 bits per heavy atom. The largest absolute Gasteiger partial charge is 0.429 e. The van der Waals surface area contributed by atoms with Gasteiger partial charge in [0, 0.05) is 31.5 Å². The monoisotopic (exact) mass is 334 g/mol. The second-order valence-corrected chi connectivity index (χ2v) is 7.04. The zero-order valence-corrected chi connectivity index (χ0v) is 13.2. The van der Waals surface area contributed by atoms with Crippen molar-refractivity contribution in [2.75, 3.05) is 37.4 Å². The predicted octanol–water partition coefficient (Wildman–Crippen LogP) is -0.785. The first-order chi connectivity index (χ1) is 10.0. The summed E-state index contributed by atoms with van der Waals surface area (Å²) in [5.74, 6) is 2.80. The van der Waals surface area contributed by atoms with Gasteiger partial charge in [-0.3, -0.25) is 9.71 Å². The van der Waals surface area contributed by atoms with Crippen LogP contribution in [-0.2, 0) is 16.6 Å². The summed E-state index contributed by atoms with van der Waals surface area (Å²) in [6.45, 7) is 0.766. The van der Waals surface area contributed by atoms with Crippen LogP contribution in [0, 0.1) is 0 Å². The van der Waals surface area contributed by atoms with Gasteiger partial charge in [-0.25, -0.2) is 10.4 Å². The van der Waals surface area contributed by atoms with E-state index in [1.165, 1.54) is 0 Å². The highest BCUT2D eigenvalue weighted by molar-refractivity contribution is 7.99. The lowest BCUT2D eigenvalue weighted by atomic mass is 10.4. The molecule has 1 aliphatic rings. The molecule has 1 aromatic rings. The maximum atomic E-state index is 11.7. The minimum atomic E-state index is -3.49. The van der Waals surface area contributed by atoms with E-state index >= 15 is 0 Å². The number of aromatic nitrogens is 1. The fourth-order valence-electron chi connectivity index (χ4n) is 1.67. The molecule has 2 heterocycles. The molecule has 9 nitrogen and oxygen atoms in total. The number of oxazole rings is 1. The zero-order valence-electron chi connectivity index (χ0n) is 11.6. The van der Waals surface area contributed by atoms with E-state index < -0.39 is 10.2 Å². The van der Waals surface area contributed by atoms with Crippen molar-refractivity contribution in [3.8, 4) is 0 Å². The molecule has 0 bridgehead atoms. The molecular formula is C10H18N6O3S2. The van der Waals surface area contributed by atoms with Crippen LogP contribution in [0.4, 0.5) is 6.01 Å². The lowest BCUT2D eigenvalue weighted by molar-refractivity contribution is 0.370. The Kier molecular flexibility index (Phi) is 5.45. The zero-order chi connectivity index (χ0) is 15.3. The van der Waals surface area contributed by atoms with E-state index in [9.17, 15) is 8.42 Å². The topological polar surface area (TPSA) is 126 Å². The molecule has 0 saturated carbocycles. The van der Waals surface area contributed by atoms with Gasteiger partial charge in [-0.1, -0.05) is 0 Å². The van der Waals surface area contributed by atoms with Crippen LogP contribution in [0.1, 0.15) is 5.76 Å². The predicted molar refractivity (Wildman–Crippen MR) is 82.1 cm³/mol. The summed E-state index contributed by atoms with van der Waals surface area (Å²) in [6.07, 6.45) is 2.35. The Labute approximate surface area is 127 Å². The molecule has 1 aromatic heterocycles. The van der Waals surface area contributed by atoms with Crippen LogP contribution < -0.4 is 15.9 Å². The fourth-order valence-corrected chi connectivity index (χ4v) is 3.57. The number of thioether (sulfide) groups is 1. The molecule has 118 valence electrons. The first kappa shape index (κ1) is 16.1. The van der Waals surface area contributed by atoms with Crippen LogP contribution >= 0.6 is 11.8 Å². The summed E-state index contributed by atoms with van der Waals surface area (Å²) in [6, 6.07) is 0.178. The molecule has 0 atom stereocenters. The Bertz CT molecular complexity index is 600. The van der Waals surface area contributed by atoms with Gasteiger partial charge in [0.05, 0.1) is 12.7 Å². The number of hydrogen-bond acceptors (Lipinski definition) is 8. The molecule has 1 saturated heterocycles. The van der Waals surface area contributed by atoms with Gasteiger partial charge in [0.15, 0.2) is 0 Å². The number of nitrogen functional groups attached to an aromatic ring is 1. The third-order valence-electron chi connectivity index (χ3n) is 2.70. The standard InChI is InChI=1S/C10H18N6O3S2/c1-12-9-7-16(21(17,18)15-9)14-3-5-20-4-2-8-6-13-10(11)19-8/h6,14H,2-5,7H2,1H3,(H2,11,13)(H,12,15). The molecule has 4 N–H and O–H groups in total. The van der Waals surface area contributed by atoms with Gasteiger partial charge in [0.25, 0.3) is 6.01 Å². The van der Waals surface area contributed by atoms with Gasteiger partial charge < -0.3 is 10.2 Å². The maximum Gasteiger partial charge on any atom is 0.315 e. The summed E-state index contributed by atoms with van der Waals surface area (Å²) < 4.78 is 32.0. The van der Waals surface area contributed by atoms with Crippen molar-refractivity contribution < 1.29 is 12.8 Å². The molecule has 11 heteroatoms. The molecule has 0 spiro atoms. The SMILES string of the molecule is CN=C1CN(NCCSCCc2cnc(N)o2)S(=O)(=O)N1. The van der Waals surface area contributed by atoms with Crippen molar-refractivity contribution in [2.45, 2.75) is 6.42 Å². The fraction of sp³-hybridized carbons (Fsp3) is 0.600. The third kappa shape index (κ3) is 4.59. The lowest BCUT2D eigenvalue weighted by Gasteiger charge is -2.13. The van der Waals surface area contributed by atoms with E-state index in [1.54, 1.807) is 25.0 Å². The quantitative estimate of drug-likeness (QED) is 0.558. The minimum absolute atomic E-state index is 0.178. The molecule has 1 aliphatic heterocycles. The van der Waals surface area contributed by atoms with Crippen molar-refractivity contribution in [3.63, 3.8) is 0 Å². The number of hydrogen-bond donors (Lipinski definition) is 3. The van der Waals surface area contributed by atoms with Gasteiger partial charge >= 0.3 is 10.2 Å². The number of anilines is 1. The molecular weight excluding hydrogens is 316 g/mol. The normalized spacial score (nSPS) is 20.0. The summed E-state index contributed by atoms with van der Waals surface area (Å²) in [4.78, 5) is 7.65. The number of nitrogens with one attached hydrogen (secondary N) is 2. The van der Waals surface area contributed by atoms with Crippen LogP contribution in [0.25, 0.3) is 0 Å². The van der Waals surface area contributed by atoms with E-state index in [1.807, 2.05) is 0 Å². The van der Waals surface area contributed by atoms with Gasteiger partial charge in [-0.2, -0.15) is 20.2 Å². The molecule has 0 unspecified atom stereocenters. The maximum absolute atomic E-state index is 11.7. The highest BCUT2D eigenvalue weighted by Gasteiger charge is 2.31. The average molecular weight is 334 g/mol.